The molecular weight excluding hydrogens is 560 g/mol. The number of nitrogens with zero attached hydrogens (tertiary/aromatic N) is 2. The molecule has 0 amide bonds. The molecule has 0 aliphatic carbocycles. The van der Waals surface area contributed by atoms with Crippen molar-refractivity contribution in [3.63, 3.8) is 0 Å². The molecule has 6 aromatic carbocycles. The highest BCUT2D eigenvalue weighted by atomic mass is 16.5. The first kappa shape index (κ1) is 27.9. The summed E-state index contributed by atoms with van der Waals surface area (Å²) in [6.45, 7) is 4.20. The lowest BCUT2D eigenvalue weighted by molar-refractivity contribution is 0.104. The number of nitrogens with one attached hydrogen (secondary N) is 1. The van der Waals surface area contributed by atoms with Crippen LogP contribution in [0.5, 0.6) is 11.5 Å². The molecule has 45 heavy (non-hydrogen) atoms. The molecule has 0 fully saturated rings. The predicted octanol–water partition coefficient (Wildman–Crippen LogP) is 8.34. The summed E-state index contributed by atoms with van der Waals surface area (Å²) in [5.74, 6) is 1.98. The highest BCUT2D eigenvalue weighted by molar-refractivity contribution is 6.26. The van der Waals surface area contributed by atoms with E-state index in [1.165, 1.54) is 28.6 Å². The summed E-state index contributed by atoms with van der Waals surface area (Å²) in [5, 5.41) is 12.2. The van der Waals surface area contributed by atoms with Crippen molar-refractivity contribution >= 4 is 60.5 Å². The molecule has 7 heteroatoms. The second-order valence-corrected chi connectivity index (χ2v) is 10.8. The van der Waals surface area contributed by atoms with E-state index in [-0.39, 0.29) is 5.78 Å². The number of hydrogen-bond donors (Lipinski definition) is 2. The second-order valence-electron chi connectivity index (χ2n) is 10.8. The molecule has 220 valence electrons. The van der Waals surface area contributed by atoms with E-state index in [9.17, 15) is 4.79 Å². The van der Waals surface area contributed by atoms with Gasteiger partial charge in [-0.15, -0.1) is 0 Å². The minimum absolute atomic E-state index is 0.120. The van der Waals surface area contributed by atoms with E-state index in [1.807, 2.05) is 30.3 Å². The molecule has 3 N–H and O–H groups in total. The van der Waals surface area contributed by atoms with Gasteiger partial charge in [0, 0.05) is 17.5 Å². The van der Waals surface area contributed by atoms with Crippen molar-refractivity contribution in [2.45, 2.75) is 6.54 Å². The molecule has 0 bridgehead atoms. The fraction of sp³-hybridized carbons (Fsp3) is 0.0789. The number of aromatic nitrogens is 2. The summed E-state index contributed by atoms with van der Waals surface area (Å²) in [4.78, 5) is 21.9. The number of anilines is 2. The molecule has 0 atom stereocenters. The highest BCUT2D eigenvalue weighted by Gasteiger charge is 2.18. The van der Waals surface area contributed by atoms with Gasteiger partial charge in [0.1, 0.15) is 18.0 Å². The zero-order valence-corrected chi connectivity index (χ0v) is 24.9. The van der Waals surface area contributed by atoms with Crippen molar-refractivity contribution < 1.29 is 14.3 Å². The average molecular weight is 591 g/mol. The van der Waals surface area contributed by atoms with Gasteiger partial charge in [-0.05, 0) is 67.0 Å². The van der Waals surface area contributed by atoms with Crippen molar-refractivity contribution in [1.29, 1.82) is 0 Å². The van der Waals surface area contributed by atoms with Crippen molar-refractivity contribution in [2.24, 2.45) is 0 Å². The fourth-order valence-corrected chi connectivity index (χ4v) is 6.28. The molecule has 0 spiro atoms. The minimum Gasteiger partial charge on any atom is -0.493 e. The van der Waals surface area contributed by atoms with Crippen molar-refractivity contribution in [3.8, 4) is 22.6 Å². The molecule has 7 nitrogen and oxygen atoms in total. The normalized spacial score (nSPS) is 11.2. The molecule has 0 aliphatic rings. The lowest BCUT2D eigenvalue weighted by atomic mass is 9.89. The monoisotopic (exact) mass is 590 g/mol. The molecule has 0 unspecified atom stereocenters. The maximum absolute atomic E-state index is 13.2. The summed E-state index contributed by atoms with van der Waals surface area (Å²) in [6, 6.07) is 30.7. The number of nitrogens with two attached hydrogens (primary N) is 1. The molecule has 7 aromatic rings. The van der Waals surface area contributed by atoms with E-state index in [1.54, 1.807) is 14.2 Å². The Morgan fingerprint density at radius 2 is 1.51 bits per heavy atom. The Labute approximate surface area is 259 Å². The number of carbonyl (C=O) groups is 1. The number of benzene rings is 6. The van der Waals surface area contributed by atoms with E-state index >= 15 is 0 Å². The van der Waals surface area contributed by atoms with Crippen LogP contribution in [0.15, 0.2) is 110 Å². The zero-order chi connectivity index (χ0) is 31.1. The van der Waals surface area contributed by atoms with Crippen LogP contribution in [0.3, 0.4) is 0 Å². The standard InChI is InChI=1S/C38H30N4O3/c1-4-32(43)31-13-10-24(20-40-38-35(37(39)41-21-42-38)23-11-18-33(44-2)34(19-23)45-3)26-14-15-29-28-12-9-22-7-5-6-8-25(22)27(28)16-17-30(29)36(26)31/h4-19,21H,1,20H2,2-3H3,(H3,39,40,41,42). The fourth-order valence-electron chi connectivity index (χ4n) is 6.28. The number of hydrogen-bond acceptors (Lipinski definition) is 7. The summed E-state index contributed by atoms with van der Waals surface area (Å²) >= 11 is 0. The Bertz CT molecular complexity index is 2310. The van der Waals surface area contributed by atoms with Crippen LogP contribution in [-0.4, -0.2) is 30.0 Å². The molecule has 1 heterocycles. The second kappa shape index (κ2) is 11.3. The number of ketones is 1. The first-order valence-electron chi connectivity index (χ1n) is 14.5. The molecule has 1 aromatic heterocycles. The first-order chi connectivity index (χ1) is 22.0. The minimum atomic E-state index is -0.120. The molecule has 0 saturated carbocycles. The number of ether oxygens (including phenoxy) is 2. The molecule has 0 saturated heterocycles. The van der Waals surface area contributed by atoms with Gasteiger partial charge in [-0.3, -0.25) is 4.79 Å². The Morgan fingerprint density at radius 3 is 2.31 bits per heavy atom. The van der Waals surface area contributed by atoms with E-state index in [4.69, 9.17) is 15.2 Å². The van der Waals surface area contributed by atoms with Gasteiger partial charge in [0.05, 0.1) is 19.8 Å². The highest BCUT2D eigenvalue weighted by Crippen LogP contribution is 2.39. The van der Waals surface area contributed by atoms with Crippen LogP contribution in [-0.2, 0) is 6.54 Å². The van der Waals surface area contributed by atoms with Crippen LogP contribution in [0.4, 0.5) is 11.6 Å². The van der Waals surface area contributed by atoms with Crippen LogP contribution in [0.1, 0.15) is 15.9 Å². The third-order valence-corrected chi connectivity index (χ3v) is 8.44. The van der Waals surface area contributed by atoms with Crippen molar-refractivity contribution in [2.75, 3.05) is 25.3 Å². The topological polar surface area (TPSA) is 99.4 Å². The Morgan fingerprint density at radius 1 is 0.800 bits per heavy atom. The summed E-state index contributed by atoms with van der Waals surface area (Å²) in [7, 11) is 3.18. The lowest BCUT2D eigenvalue weighted by Gasteiger charge is -2.17. The average Bonchev–Trinajstić information content (AvgIpc) is 3.09. The number of allylic oxidation sites excluding steroid dienone is 1. The third-order valence-electron chi connectivity index (χ3n) is 8.44. The Kier molecular flexibility index (Phi) is 6.98. The van der Waals surface area contributed by atoms with Crippen LogP contribution >= 0.6 is 0 Å². The molecule has 0 aliphatic heterocycles. The van der Waals surface area contributed by atoms with Gasteiger partial charge in [-0.2, -0.15) is 0 Å². The van der Waals surface area contributed by atoms with Gasteiger partial charge in [-0.25, -0.2) is 9.97 Å². The maximum atomic E-state index is 13.2. The first-order valence-corrected chi connectivity index (χ1v) is 14.5. The van der Waals surface area contributed by atoms with Gasteiger partial charge in [0.25, 0.3) is 0 Å². The zero-order valence-electron chi connectivity index (χ0n) is 24.9. The van der Waals surface area contributed by atoms with Crippen molar-refractivity contribution in [1.82, 2.24) is 9.97 Å². The van der Waals surface area contributed by atoms with Crippen LogP contribution in [0, 0.1) is 0 Å². The maximum Gasteiger partial charge on any atom is 0.185 e. The van der Waals surface area contributed by atoms with Crippen LogP contribution in [0.25, 0.3) is 54.2 Å². The van der Waals surface area contributed by atoms with E-state index in [0.717, 1.165) is 38.1 Å². The van der Waals surface area contributed by atoms with Gasteiger partial charge in [-0.1, -0.05) is 85.4 Å². The van der Waals surface area contributed by atoms with Crippen LogP contribution in [0.2, 0.25) is 0 Å². The third kappa shape index (κ3) is 4.66. The van der Waals surface area contributed by atoms with E-state index in [0.29, 0.717) is 40.8 Å². The number of carbonyl (C=O) groups excluding carboxylic acids is 1. The van der Waals surface area contributed by atoms with Crippen molar-refractivity contribution in [3.05, 3.63) is 121 Å². The number of methoxy groups -OCH3 is 2. The predicted molar refractivity (Wildman–Crippen MR) is 183 cm³/mol. The molecule has 7 rings (SSSR count). The number of fused-ring (bicyclic) bond motifs is 7. The Balaban J connectivity index is 1.36. The number of nitrogen functional groups attached to an aromatic ring is 1. The lowest BCUT2D eigenvalue weighted by Crippen LogP contribution is -2.07. The van der Waals surface area contributed by atoms with Gasteiger partial charge in [0.2, 0.25) is 0 Å². The van der Waals surface area contributed by atoms with Crippen LogP contribution < -0.4 is 20.5 Å². The Hall–Kier alpha value is -5.95. The van der Waals surface area contributed by atoms with E-state index in [2.05, 4.69) is 82.5 Å². The quantitative estimate of drug-likeness (QED) is 0.104. The smallest absolute Gasteiger partial charge is 0.185 e. The SMILES string of the molecule is C=CC(=O)c1ccc(CNc2ncnc(N)c2-c2ccc(OC)c(OC)c2)c2ccc3c4ccc5ccccc5c4ccc3c12. The van der Waals surface area contributed by atoms with Gasteiger partial charge < -0.3 is 20.5 Å². The summed E-state index contributed by atoms with van der Waals surface area (Å²) in [6.07, 6.45) is 2.81. The number of rotatable bonds is 8. The van der Waals surface area contributed by atoms with Gasteiger partial charge in [0.15, 0.2) is 17.3 Å². The molecular formula is C38H30N4O3. The van der Waals surface area contributed by atoms with Gasteiger partial charge >= 0.3 is 0 Å². The summed E-state index contributed by atoms with van der Waals surface area (Å²) in [5.41, 5.74) is 9.44. The molecule has 0 radical (unpaired) electrons. The largest absolute Gasteiger partial charge is 0.493 e. The van der Waals surface area contributed by atoms with E-state index < -0.39 is 0 Å². The summed E-state index contributed by atoms with van der Waals surface area (Å²) < 4.78 is 10.9.